The smallest absolute Gasteiger partial charge is 0.243 e. The van der Waals surface area contributed by atoms with Crippen LogP contribution in [-0.4, -0.2) is 49.7 Å². The molecule has 1 aliphatic rings. The third-order valence-corrected chi connectivity index (χ3v) is 6.51. The van der Waals surface area contributed by atoms with Gasteiger partial charge in [0.05, 0.1) is 11.3 Å². The molecule has 1 heterocycles. The number of amides is 1. The van der Waals surface area contributed by atoms with Gasteiger partial charge in [-0.25, -0.2) is 12.8 Å². The van der Waals surface area contributed by atoms with E-state index in [2.05, 4.69) is 0 Å². The molecule has 0 aliphatic carbocycles. The lowest BCUT2D eigenvalue weighted by molar-refractivity contribution is -0.130. The average Bonchev–Trinajstić information content (AvgIpc) is 2.91. The van der Waals surface area contributed by atoms with Crippen molar-refractivity contribution in [3.05, 3.63) is 59.9 Å². The SMILES string of the molecule is Cl.Nc1ccc(CC(=O)N2CCCN(S(=O)(=O)c3ccc(F)cc3)CC2)cc1. The van der Waals surface area contributed by atoms with Crippen molar-refractivity contribution in [2.24, 2.45) is 0 Å². The lowest BCUT2D eigenvalue weighted by Crippen LogP contribution is -2.38. The van der Waals surface area contributed by atoms with Gasteiger partial charge in [-0.3, -0.25) is 4.79 Å². The first-order valence-corrected chi connectivity index (χ1v) is 10.2. The van der Waals surface area contributed by atoms with Crippen LogP contribution in [0.25, 0.3) is 0 Å². The predicted molar refractivity (Wildman–Crippen MR) is 108 cm³/mol. The highest BCUT2D eigenvalue weighted by atomic mass is 35.5. The molecule has 0 atom stereocenters. The Labute approximate surface area is 170 Å². The van der Waals surface area contributed by atoms with Crippen LogP contribution < -0.4 is 5.73 Å². The Balaban J connectivity index is 0.00000280. The first-order chi connectivity index (χ1) is 12.9. The molecule has 9 heteroatoms. The lowest BCUT2D eigenvalue weighted by Gasteiger charge is -2.22. The van der Waals surface area contributed by atoms with Gasteiger partial charge in [0, 0.05) is 31.9 Å². The summed E-state index contributed by atoms with van der Waals surface area (Å²) in [5, 5.41) is 0. The van der Waals surface area contributed by atoms with E-state index in [1.807, 2.05) is 12.1 Å². The van der Waals surface area contributed by atoms with Crippen molar-refractivity contribution >= 4 is 34.0 Å². The zero-order chi connectivity index (χ0) is 19.4. The number of nitrogens with two attached hydrogens (primary N) is 1. The Morgan fingerprint density at radius 3 is 2.25 bits per heavy atom. The molecule has 0 saturated carbocycles. The zero-order valence-electron chi connectivity index (χ0n) is 15.3. The second-order valence-electron chi connectivity index (χ2n) is 6.51. The summed E-state index contributed by atoms with van der Waals surface area (Å²) in [5.41, 5.74) is 7.17. The Hall–Kier alpha value is -2.16. The van der Waals surface area contributed by atoms with Gasteiger partial charge in [-0.2, -0.15) is 4.31 Å². The summed E-state index contributed by atoms with van der Waals surface area (Å²) in [6.07, 6.45) is 0.804. The largest absolute Gasteiger partial charge is 0.399 e. The number of anilines is 1. The maximum absolute atomic E-state index is 13.1. The molecular weight excluding hydrogens is 405 g/mol. The van der Waals surface area contributed by atoms with Crippen molar-refractivity contribution in [2.75, 3.05) is 31.9 Å². The number of nitrogens with zero attached hydrogens (tertiary/aromatic N) is 2. The zero-order valence-corrected chi connectivity index (χ0v) is 16.9. The summed E-state index contributed by atoms with van der Waals surface area (Å²) >= 11 is 0. The minimum absolute atomic E-state index is 0. The molecule has 0 aromatic heterocycles. The molecule has 3 rings (SSSR count). The molecule has 1 aliphatic heterocycles. The van der Waals surface area contributed by atoms with Gasteiger partial charge in [0.1, 0.15) is 5.82 Å². The summed E-state index contributed by atoms with van der Waals surface area (Å²) in [4.78, 5) is 14.3. The highest BCUT2D eigenvalue weighted by Gasteiger charge is 2.28. The van der Waals surface area contributed by atoms with Crippen molar-refractivity contribution in [1.29, 1.82) is 0 Å². The molecule has 1 saturated heterocycles. The minimum Gasteiger partial charge on any atom is -0.399 e. The second kappa shape index (κ2) is 9.36. The van der Waals surface area contributed by atoms with E-state index in [9.17, 15) is 17.6 Å². The molecule has 6 nitrogen and oxygen atoms in total. The number of rotatable bonds is 4. The van der Waals surface area contributed by atoms with Crippen molar-refractivity contribution in [3.63, 3.8) is 0 Å². The number of carbonyl (C=O) groups is 1. The van der Waals surface area contributed by atoms with Gasteiger partial charge in [-0.1, -0.05) is 12.1 Å². The van der Waals surface area contributed by atoms with E-state index < -0.39 is 15.8 Å². The van der Waals surface area contributed by atoms with Gasteiger partial charge >= 0.3 is 0 Å². The monoisotopic (exact) mass is 427 g/mol. The predicted octanol–water partition coefficient (Wildman–Crippen LogP) is 2.30. The maximum Gasteiger partial charge on any atom is 0.243 e. The Morgan fingerprint density at radius 2 is 1.61 bits per heavy atom. The van der Waals surface area contributed by atoms with Gasteiger partial charge in [0.2, 0.25) is 15.9 Å². The number of benzene rings is 2. The fraction of sp³-hybridized carbons (Fsp3) is 0.316. The molecule has 2 N–H and O–H groups in total. The van der Waals surface area contributed by atoms with Gasteiger partial charge in [0.25, 0.3) is 0 Å². The van der Waals surface area contributed by atoms with Gasteiger partial charge < -0.3 is 10.6 Å². The highest BCUT2D eigenvalue weighted by Crippen LogP contribution is 2.18. The van der Waals surface area contributed by atoms with Gasteiger partial charge in [-0.15, -0.1) is 12.4 Å². The molecule has 0 spiro atoms. The minimum atomic E-state index is -3.70. The van der Waals surface area contributed by atoms with Crippen LogP contribution in [0.1, 0.15) is 12.0 Å². The lowest BCUT2D eigenvalue weighted by atomic mass is 10.1. The average molecular weight is 428 g/mol. The number of halogens is 2. The normalized spacial score (nSPS) is 15.5. The Bertz CT molecular complexity index is 905. The van der Waals surface area contributed by atoms with Gasteiger partial charge in [0.15, 0.2) is 0 Å². The fourth-order valence-corrected chi connectivity index (χ4v) is 4.53. The molecule has 2 aromatic carbocycles. The first-order valence-electron chi connectivity index (χ1n) is 8.74. The van der Waals surface area contributed by atoms with Crippen LogP contribution in [0.3, 0.4) is 0 Å². The fourth-order valence-electron chi connectivity index (χ4n) is 3.06. The van der Waals surface area contributed by atoms with Crippen LogP contribution in [0.4, 0.5) is 10.1 Å². The number of hydrogen-bond donors (Lipinski definition) is 1. The van der Waals surface area contributed by atoms with Crippen molar-refractivity contribution < 1.29 is 17.6 Å². The molecule has 0 bridgehead atoms. The standard InChI is InChI=1S/C19H22FN3O3S.ClH/c20-16-4-8-18(9-5-16)27(25,26)23-11-1-10-22(12-13-23)19(24)14-15-2-6-17(21)7-3-15;/h2-9H,1,10-14,21H2;1H. The van der Waals surface area contributed by atoms with E-state index >= 15 is 0 Å². The first kappa shape index (κ1) is 22.1. The number of nitrogen functional groups attached to an aromatic ring is 1. The topological polar surface area (TPSA) is 83.7 Å². The van der Waals surface area contributed by atoms with E-state index in [-0.39, 0.29) is 36.2 Å². The van der Waals surface area contributed by atoms with E-state index in [1.165, 1.54) is 16.4 Å². The Kier molecular flexibility index (Phi) is 7.40. The van der Waals surface area contributed by atoms with Crippen LogP contribution >= 0.6 is 12.4 Å². The summed E-state index contributed by atoms with van der Waals surface area (Å²) in [6.45, 7) is 1.37. The highest BCUT2D eigenvalue weighted by molar-refractivity contribution is 7.89. The molecule has 0 radical (unpaired) electrons. The second-order valence-corrected chi connectivity index (χ2v) is 8.45. The van der Waals surface area contributed by atoms with E-state index in [1.54, 1.807) is 17.0 Å². The number of carbonyl (C=O) groups excluding carboxylic acids is 1. The molecule has 28 heavy (non-hydrogen) atoms. The number of hydrogen-bond acceptors (Lipinski definition) is 4. The van der Waals surface area contributed by atoms with E-state index in [0.717, 1.165) is 17.7 Å². The third-order valence-electron chi connectivity index (χ3n) is 4.59. The van der Waals surface area contributed by atoms with Crippen LogP contribution in [0, 0.1) is 5.82 Å². The summed E-state index contributed by atoms with van der Waals surface area (Å²) in [5.74, 6) is -0.523. The van der Waals surface area contributed by atoms with E-state index in [4.69, 9.17) is 5.73 Å². The quantitative estimate of drug-likeness (QED) is 0.759. The van der Waals surface area contributed by atoms with Crippen molar-refractivity contribution in [1.82, 2.24) is 9.21 Å². The molecule has 1 fully saturated rings. The van der Waals surface area contributed by atoms with Crippen LogP contribution in [-0.2, 0) is 21.2 Å². The van der Waals surface area contributed by atoms with Crippen molar-refractivity contribution in [2.45, 2.75) is 17.7 Å². The maximum atomic E-state index is 13.1. The van der Waals surface area contributed by atoms with E-state index in [0.29, 0.717) is 31.7 Å². The summed E-state index contributed by atoms with van der Waals surface area (Å²) < 4.78 is 39.9. The Morgan fingerprint density at radius 1 is 0.964 bits per heavy atom. The molecular formula is C19H23ClFN3O3S. The van der Waals surface area contributed by atoms with Crippen LogP contribution in [0.2, 0.25) is 0 Å². The number of sulfonamides is 1. The summed E-state index contributed by atoms with van der Waals surface area (Å²) in [6, 6.07) is 11.9. The molecule has 2 aromatic rings. The molecule has 0 unspecified atom stereocenters. The van der Waals surface area contributed by atoms with Crippen LogP contribution in [0.5, 0.6) is 0 Å². The third kappa shape index (κ3) is 5.21. The molecule has 152 valence electrons. The molecule has 1 amide bonds. The van der Waals surface area contributed by atoms with Gasteiger partial charge in [-0.05, 0) is 48.4 Å². The van der Waals surface area contributed by atoms with Crippen LogP contribution in [0.15, 0.2) is 53.4 Å². The van der Waals surface area contributed by atoms with Crippen molar-refractivity contribution in [3.8, 4) is 0 Å². The summed E-state index contributed by atoms with van der Waals surface area (Å²) in [7, 11) is -3.70.